The number of hydrogen-bond donors (Lipinski definition) is 0. The summed E-state index contributed by atoms with van der Waals surface area (Å²) in [5.74, 6) is 0.338. The Morgan fingerprint density at radius 3 is 2.25 bits per heavy atom. The van der Waals surface area contributed by atoms with Crippen molar-refractivity contribution in [2.45, 2.75) is 69.8 Å². The van der Waals surface area contributed by atoms with Crippen molar-refractivity contribution in [2.24, 2.45) is 11.8 Å². The van der Waals surface area contributed by atoms with Crippen molar-refractivity contribution >= 4 is 0 Å². The molecular weight excluding hydrogens is 422 g/mol. The maximum atomic E-state index is 12.8. The van der Waals surface area contributed by atoms with Gasteiger partial charge >= 0.3 is 6.36 Å². The number of allylic oxidation sites excluding steroid dienone is 4. The van der Waals surface area contributed by atoms with Crippen LogP contribution in [0, 0.1) is 23.2 Å². The number of rotatable bonds is 7. The van der Waals surface area contributed by atoms with E-state index < -0.39 is 12.2 Å². The van der Waals surface area contributed by atoms with Gasteiger partial charge in [-0.25, -0.2) is 0 Å². The molecule has 2 fully saturated rings. The Labute approximate surface area is 186 Å². The van der Waals surface area contributed by atoms with E-state index in [4.69, 9.17) is 10.00 Å². The predicted molar refractivity (Wildman–Crippen MR) is 113 cm³/mol. The minimum atomic E-state index is -4.66. The zero-order chi connectivity index (χ0) is 23.0. The molecule has 0 bridgehead atoms. The summed E-state index contributed by atoms with van der Waals surface area (Å²) >= 11 is 0. The Morgan fingerprint density at radius 2 is 1.66 bits per heavy atom. The molecule has 0 aliphatic heterocycles. The second-order valence-corrected chi connectivity index (χ2v) is 8.72. The van der Waals surface area contributed by atoms with Crippen LogP contribution in [0.5, 0.6) is 5.75 Å². The van der Waals surface area contributed by atoms with Gasteiger partial charge in [0, 0.05) is 6.61 Å². The molecule has 0 saturated heterocycles. The van der Waals surface area contributed by atoms with Crippen molar-refractivity contribution in [3.05, 3.63) is 53.9 Å². The predicted octanol–water partition coefficient (Wildman–Crippen LogP) is 7.37. The number of halogens is 4. The van der Waals surface area contributed by atoms with Gasteiger partial charge in [-0.1, -0.05) is 24.3 Å². The van der Waals surface area contributed by atoms with Crippen LogP contribution in [0.3, 0.4) is 0 Å². The molecule has 174 valence electrons. The number of alkyl halides is 3. The van der Waals surface area contributed by atoms with E-state index in [1.54, 1.807) is 18.2 Å². The molecule has 3 nitrogen and oxygen atoms in total. The van der Waals surface area contributed by atoms with Crippen molar-refractivity contribution in [1.29, 1.82) is 5.26 Å². The van der Waals surface area contributed by atoms with Crippen LogP contribution in [-0.4, -0.2) is 19.1 Å². The Bertz CT molecular complexity index is 810. The highest BCUT2D eigenvalue weighted by molar-refractivity contribution is 5.30. The van der Waals surface area contributed by atoms with Crippen LogP contribution in [0.4, 0.5) is 17.6 Å². The summed E-state index contributed by atoms with van der Waals surface area (Å²) < 4.78 is 59.8. The van der Waals surface area contributed by atoms with Gasteiger partial charge < -0.3 is 9.47 Å². The molecule has 1 aromatic carbocycles. The van der Waals surface area contributed by atoms with Crippen LogP contribution in [0.1, 0.15) is 62.8 Å². The quantitative estimate of drug-likeness (QED) is 0.247. The summed E-state index contributed by atoms with van der Waals surface area (Å²) in [5.41, 5.74) is 1.06. The Hall–Kier alpha value is -2.33. The van der Waals surface area contributed by atoms with Gasteiger partial charge in [0.25, 0.3) is 0 Å². The van der Waals surface area contributed by atoms with Crippen LogP contribution in [-0.2, 0) is 4.74 Å². The fraction of sp³-hybridized carbons (Fsp3) is 0.560. The van der Waals surface area contributed by atoms with Crippen LogP contribution >= 0.6 is 0 Å². The molecule has 2 saturated carbocycles. The van der Waals surface area contributed by atoms with E-state index in [2.05, 4.69) is 4.74 Å². The second kappa shape index (κ2) is 11.5. The van der Waals surface area contributed by atoms with Crippen LogP contribution in [0.25, 0.3) is 0 Å². The number of hydrogen-bond acceptors (Lipinski definition) is 3. The first kappa shape index (κ1) is 24.3. The van der Waals surface area contributed by atoms with Gasteiger partial charge in [-0.2, -0.15) is 9.65 Å². The van der Waals surface area contributed by atoms with Gasteiger partial charge in [-0.3, -0.25) is 0 Å². The van der Waals surface area contributed by atoms with Crippen molar-refractivity contribution in [1.82, 2.24) is 0 Å². The third-order valence-corrected chi connectivity index (χ3v) is 6.45. The van der Waals surface area contributed by atoms with Gasteiger partial charge in [-0.05, 0) is 92.9 Å². The molecule has 0 atom stereocenters. The van der Waals surface area contributed by atoms with Crippen LogP contribution in [0.15, 0.2) is 48.3 Å². The maximum Gasteiger partial charge on any atom is 0.573 e. The van der Waals surface area contributed by atoms with Gasteiger partial charge in [-0.15, -0.1) is 13.2 Å². The summed E-state index contributed by atoms with van der Waals surface area (Å²) in [6.07, 6.45) is 8.51. The molecule has 2 aliphatic rings. The number of nitriles is 1. The zero-order valence-electron chi connectivity index (χ0n) is 18.0. The number of nitrogens with zero attached hydrogens (tertiary/aromatic N) is 1. The van der Waals surface area contributed by atoms with Gasteiger partial charge in [0.2, 0.25) is 0 Å². The third-order valence-electron chi connectivity index (χ3n) is 6.45. The monoisotopic (exact) mass is 451 g/mol. The van der Waals surface area contributed by atoms with E-state index in [1.807, 2.05) is 6.08 Å². The summed E-state index contributed by atoms with van der Waals surface area (Å²) in [6.45, 7) is 0.756. The highest BCUT2D eigenvalue weighted by Gasteiger charge is 2.31. The highest BCUT2D eigenvalue weighted by atomic mass is 19.4. The Kier molecular flexibility index (Phi) is 8.75. The zero-order valence-corrected chi connectivity index (χ0v) is 18.0. The Morgan fingerprint density at radius 1 is 1.00 bits per heavy atom. The molecule has 0 heterocycles. The Balaban J connectivity index is 1.34. The van der Waals surface area contributed by atoms with Gasteiger partial charge in [0.05, 0.1) is 6.10 Å². The van der Waals surface area contributed by atoms with E-state index >= 15 is 0 Å². The van der Waals surface area contributed by atoms with Crippen molar-refractivity contribution in [3.8, 4) is 11.8 Å². The first-order chi connectivity index (χ1) is 15.3. The molecule has 0 unspecified atom stereocenters. The average Bonchev–Trinajstić information content (AvgIpc) is 2.78. The van der Waals surface area contributed by atoms with Crippen LogP contribution in [0.2, 0.25) is 0 Å². The fourth-order valence-electron chi connectivity index (χ4n) is 4.66. The lowest BCUT2D eigenvalue weighted by atomic mass is 9.79. The molecule has 32 heavy (non-hydrogen) atoms. The number of ether oxygens (including phenoxy) is 2. The normalized spacial score (nSPS) is 27.3. The van der Waals surface area contributed by atoms with Gasteiger partial charge in [0.1, 0.15) is 11.8 Å². The molecule has 0 amide bonds. The minimum absolute atomic E-state index is 0.181. The molecule has 0 N–H and O–H groups in total. The third kappa shape index (κ3) is 7.98. The summed E-state index contributed by atoms with van der Waals surface area (Å²) in [6, 6.07) is 7.71. The van der Waals surface area contributed by atoms with E-state index in [9.17, 15) is 17.6 Å². The molecule has 3 rings (SSSR count). The first-order valence-corrected chi connectivity index (χ1v) is 11.2. The lowest BCUT2D eigenvalue weighted by Crippen LogP contribution is -2.25. The molecular formula is C25H29F4NO2. The van der Waals surface area contributed by atoms with E-state index in [-0.39, 0.29) is 11.9 Å². The van der Waals surface area contributed by atoms with Crippen molar-refractivity contribution < 1.29 is 27.0 Å². The molecule has 0 spiro atoms. The largest absolute Gasteiger partial charge is 0.573 e. The highest BCUT2D eigenvalue weighted by Crippen LogP contribution is 2.37. The average molecular weight is 452 g/mol. The lowest BCUT2D eigenvalue weighted by Gasteiger charge is -2.32. The minimum Gasteiger partial charge on any atom is -0.406 e. The summed E-state index contributed by atoms with van der Waals surface area (Å²) in [5, 5.41) is 8.41. The van der Waals surface area contributed by atoms with E-state index in [0.717, 1.165) is 63.5 Å². The standard InChI is InChI=1S/C25H29F4NO2/c26-22(16-30)3-1-2-18-6-12-23(13-7-18)31-17-19-4-8-20(9-5-19)21-10-14-24(15-11-21)32-25(27,28)29/h1-3,10-11,14-15,18-20,23H,4-9,12-13,17H2. The van der Waals surface area contributed by atoms with Crippen molar-refractivity contribution in [2.75, 3.05) is 6.61 Å². The summed E-state index contributed by atoms with van der Waals surface area (Å²) in [4.78, 5) is 0. The molecule has 0 aromatic heterocycles. The van der Waals surface area contributed by atoms with Crippen molar-refractivity contribution in [3.63, 3.8) is 0 Å². The summed E-state index contributed by atoms with van der Waals surface area (Å²) in [7, 11) is 0. The maximum absolute atomic E-state index is 12.8. The topological polar surface area (TPSA) is 42.2 Å². The molecule has 2 aliphatic carbocycles. The molecule has 1 aromatic rings. The van der Waals surface area contributed by atoms with E-state index in [1.165, 1.54) is 24.3 Å². The first-order valence-electron chi connectivity index (χ1n) is 11.2. The smallest absolute Gasteiger partial charge is 0.406 e. The number of benzene rings is 1. The second-order valence-electron chi connectivity index (χ2n) is 8.72. The molecule has 0 radical (unpaired) electrons. The SMILES string of the molecule is N#CC(F)=CC=CC1CCC(OCC2CCC(c3ccc(OC(F)(F)F)cc3)CC2)CC1. The fourth-order valence-corrected chi connectivity index (χ4v) is 4.66. The van der Waals surface area contributed by atoms with E-state index in [0.29, 0.717) is 17.8 Å². The van der Waals surface area contributed by atoms with Gasteiger partial charge in [0.15, 0.2) is 5.83 Å². The van der Waals surface area contributed by atoms with Crippen LogP contribution < -0.4 is 4.74 Å². The molecule has 7 heteroatoms. The lowest BCUT2D eigenvalue weighted by molar-refractivity contribution is -0.274.